The van der Waals surface area contributed by atoms with Crippen LogP contribution in [0.25, 0.3) is 23.4 Å². The van der Waals surface area contributed by atoms with Crippen LogP contribution in [0.4, 0.5) is 0 Å². The van der Waals surface area contributed by atoms with Gasteiger partial charge >= 0.3 is 0 Å². The second-order valence-electron chi connectivity index (χ2n) is 10.6. The van der Waals surface area contributed by atoms with Gasteiger partial charge in [0.2, 0.25) is 0 Å². The van der Waals surface area contributed by atoms with Crippen molar-refractivity contribution in [1.29, 1.82) is 0 Å². The molecule has 0 unspecified atom stereocenters. The maximum atomic E-state index is 4.80. The van der Waals surface area contributed by atoms with Gasteiger partial charge in [0, 0.05) is 17.5 Å². The van der Waals surface area contributed by atoms with Gasteiger partial charge in [-0.25, -0.2) is 0 Å². The molecule has 1 aromatic heterocycles. The molecule has 1 aromatic carbocycles. The van der Waals surface area contributed by atoms with E-state index in [2.05, 4.69) is 77.4 Å². The molecule has 3 nitrogen and oxygen atoms in total. The first-order valence-corrected chi connectivity index (χ1v) is 13.4. The second kappa shape index (κ2) is 9.91. The Hall–Kier alpha value is -3.43. The van der Waals surface area contributed by atoms with Crippen molar-refractivity contribution in [3.8, 4) is 0 Å². The summed E-state index contributed by atoms with van der Waals surface area (Å²) in [5, 5.41) is 9.64. The van der Waals surface area contributed by atoms with Gasteiger partial charge < -0.3 is 10.6 Å². The van der Waals surface area contributed by atoms with E-state index in [-0.39, 0.29) is 0 Å². The highest BCUT2D eigenvalue weighted by Crippen LogP contribution is 2.44. The molecule has 2 N–H and O–H groups in total. The van der Waals surface area contributed by atoms with E-state index >= 15 is 0 Å². The molecule has 0 saturated carbocycles. The van der Waals surface area contributed by atoms with E-state index in [0.717, 1.165) is 29.1 Å². The molecule has 2 aliphatic heterocycles. The highest BCUT2D eigenvalue weighted by atomic mass is 14.9. The van der Waals surface area contributed by atoms with E-state index in [0.29, 0.717) is 5.41 Å². The Morgan fingerprint density at radius 3 is 2.67 bits per heavy atom. The Kier molecular flexibility index (Phi) is 6.33. The summed E-state index contributed by atoms with van der Waals surface area (Å²) in [5.74, 6) is 0. The molecule has 6 rings (SSSR count). The Bertz CT molecular complexity index is 1440. The number of aromatic nitrogens is 1. The fourth-order valence-corrected chi connectivity index (χ4v) is 6.07. The number of rotatable bonds is 3. The van der Waals surface area contributed by atoms with E-state index in [1.165, 1.54) is 72.3 Å². The van der Waals surface area contributed by atoms with Gasteiger partial charge in [-0.15, -0.1) is 0 Å². The minimum atomic E-state index is 0.538. The molecule has 2 aliphatic carbocycles. The molecule has 4 aliphatic rings. The quantitative estimate of drug-likeness (QED) is 0.635. The van der Waals surface area contributed by atoms with Gasteiger partial charge in [-0.2, -0.15) is 0 Å². The third-order valence-electron chi connectivity index (χ3n) is 8.24. The first kappa shape index (κ1) is 23.0. The van der Waals surface area contributed by atoms with Crippen molar-refractivity contribution in [3.05, 3.63) is 112 Å². The molecule has 2 aromatic rings. The minimum absolute atomic E-state index is 0.538. The molecule has 3 heterocycles. The lowest BCUT2D eigenvalue weighted by atomic mass is 9.68. The normalized spacial score (nSPS) is 20.8. The molecule has 36 heavy (non-hydrogen) atoms. The van der Waals surface area contributed by atoms with Gasteiger partial charge in [-0.3, -0.25) is 4.98 Å². The average molecular weight is 474 g/mol. The summed E-state index contributed by atoms with van der Waals surface area (Å²) in [6.07, 6.45) is 25.5. The molecular weight excluding hydrogens is 438 g/mol. The molecule has 1 spiro atoms. The van der Waals surface area contributed by atoms with E-state index in [9.17, 15) is 0 Å². The number of piperidine rings is 1. The van der Waals surface area contributed by atoms with Crippen LogP contribution in [0.15, 0.2) is 84.1 Å². The van der Waals surface area contributed by atoms with Crippen molar-refractivity contribution >= 4 is 23.4 Å². The summed E-state index contributed by atoms with van der Waals surface area (Å²) in [6, 6.07) is 13.1. The number of allylic oxidation sites excluding steroid dienone is 8. The predicted molar refractivity (Wildman–Crippen MR) is 151 cm³/mol. The summed E-state index contributed by atoms with van der Waals surface area (Å²) in [5.41, 5.74) is 8.88. The maximum absolute atomic E-state index is 4.80. The van der Waals surface area contributed by atoms with Crippen LogP contribution in [0.1, 0.15) is 55.5 Å². The van der Waals surface area contributed by atoms with Crippen LogP contribution in [0.2, 0.25) is 0 Å². The highest BCUT2D eigenvalue weighted by Gasteiger charge is 2.33. The molecule has 1 saturated heterocycles. The Morgan fingerprint density at radius 2 is 1.83 bits per heavy atom. The molecule has 0 atom stereocenters. The predicted octanol–water partition coefficient (Wildman–Crippen LogP) is 5.30. The summed E-state index contributed by atoms with van der Waals surface area (Å²) >= 11 is 0. The maximum Gasteiger partial charge on any atom is 0.0873 e. The van der Waals surface area contributed by atoms with Gasteiger partial charge in [0.1, 0.15) is 0 Å². The lowest BCUT2D eigenvalue weighted by Gasteiger charge is -2.40. The zero-order valence-electron chi connectivity index (χ0n) is 21.2. The van der Waals surface area contributed by atoms with E-state index < -0.39 is 0 Å². The standard InChI is InChI=1S/C33H35N3/c1-24-6-4-10-31(36-24)32-30(9-2-3-19-35-32)28-12-11-25-7-5-8-27(22-29(25)23-28)26-13-15-33(16-14-26)17-20-34-21-18-33/h2-4,6-13,19,22-23,34-35H,5,14-18,20-21H2,1H3. The summed E-state index contributed by atoms with van der Waals surface area (Å²) in [4.78, 5) is 4.80. The zero-order chi connectivity index (χ0) is 24.4. The summed E-state index contributed by atoms with van der Waals surface area (Å²) < 4.78 is 0. The van der Waals surface area contributed by atoms with Crippen molar-refractivity contribution in [2.45, 2.75) is 45.4 Å². The smallest absolute Gasteiger partial charge is 0.0873 e. The number of pyridine rings is 1. The van der Waals surface area contributed by atoms with Crippen molar-refractivity contribution in [1.82, 2.24) is 15.6 Å². The number of fused-ring (bicyclic) bond motifs is 1. The average Bonchev–Trinajstić information content (AvgIpc) is 3.28. The SMILES string of the molecule is Cc1cccc(C2=C(c3ccc4c(c3)=CC(C3=CCC5(CCNCC5)CC3)=CCC=4)C=CC=CN2)n1. The summed E-state index contributed by atoms with van der Waals surface area (Å²) in [6.45, 7) is 4.40. The van der Waals surface area contributed by atoms with Crippen molar-refractivity contribution in [2.75, 3.05) is 13.1 Å². The largest absolute Gasteiger partial charge is 0.359 e. The number of nitrogens with zero attached hydrogens (tertiary/aromatic N) is 1. The lowest BCUT2D eigenvalue weighted by molar-refractivity contribution is 0.180. The van der Waals surface area contributed by atoms with Crippen molar-refractivity contribution in [3.63, 3.8) is 0 Å². The Labute approximate surface area is 214 Å². The molecule has 0 bridgehead atoms. The van der Waals surface area contributed by atoms with Crippen molar-refractivity contribution in [2.24, 2.45) is 5.41 Å². The number of nitrogens with one attached hydrogen (secondary N) is 2. The Morgan fingerprint density at radius 1 is 0.917 bits per heavy atom. The van der Waals surface area contributed by atoms with Crippen LogP contribution in [0.3, 0.4) is 0 Å². The molecule has 1 fully saturated rings. The summed E-state index contributed by atoms with van der Waals surface area (Å²) in [7, 11) is 0. The van der Waals surface area contributed by atoms with Gasteiger partial charge in [0.25, 0.3) is 0 Å². The number of hydrogen-bond donors (Lipinski definition) is 2. The monoisotopic (exact) mass is 473 g/mol. The number of benzene rings is 1. The van der Waals surface area contributed by atoms with Gasteiger partial charge in [0.15, 0.2) is 0 Å². The fourth-order valence-electron chi connectivity index (χ4n) is 6.07. The van der Waals surface area contributed by atoms with Gasteiger partial charge in [-0.05, 0) is 121 Å². The first-order valence-electron chi connectivity index (χ1n) is 13.4. The van der Waals surface area contributed by atoms with Gasteiger partial charge in [-0.1, -0.05) is 48.6 Å². The second-order valence-corrected chi connectivity index (χ2v) is 10.6. The van der Waals surface area contributed by atoms with E-state index in [1.54, 1.807) is 0 Å². The molecule has 3 heteroatoms. The molecule has 182 valence electrons. The van der Waals surface area contributed by atoms with E-state index in [4.69, 9.17) is 4.98 Å². The van der Waals surface area contributed by atoms with Crippen LogP contribution in [-0.2, 0) is 0 Å². The Balaban J connectivity index is 1.38. The third-order valence-corrected chi connectivity index (χ3v) is 8.24. The van der Waals surface area contributed by atoms with Crippen LogP contribution in [0.5, 0.6) is 0 Å². The lowest BCUT2D eigenvalue weighted by Crippen LogP contribution is -2.37. The number of hydrogen-bond acceptors (Lipinski definition) is 3. The topological polar surface area (TPSA) is 37.0 Å². The highest BCUT2D eigenvalue weighted by molar-refractivity contribution is 5.95. The minimum Gasteiger partial charge on any atom is -0.359 e. The molecular formula is C33H35N3. The number of aryl methyl sites for hydroxylation is 1. The third kappa shape index (κ3) is 4.68. The molecule has 0 radical (unpaired) electrons. The first-order chi connectivity index (χ1) is 17.7. The van der Waals surface area contributed by atoms with E-state index in [1.807, 2.05) is 25.3 Å². The van der Waals surface area contributed by atoms with Crippen LogP contribution in [-0.4, -0.2) is 18.1 Å². The fraction of sp³-hybridized carbons (Fsp3) is 0.303. The van der Waals surface area contributed by atoms with Gasteiger partial charge in [0.05, 0.1) is 11.4 Å². The van der Waals surface area contributed by atoms with Crippen LogP contribution in [0, 0.1) is 12.3 Å². The van der Waals surface area contributed by atoms with Crippen molar-refractivity contribution < 1.29 is 0 Å². The zero-order valence-corrected chi connectivity index (χ0v) is 21.2. The van der Waals surface area contributed by atoms with Crippen LogP contribution >= 0.6 is 0 Å². The molecule has 0 amide bonds. The van der Waals surface area contributed by atoms with Crippen LogP contribution < -0.4 is 21.1 Å².